The van der Waals surface area contributed by atoms with Gasteiger partial charge in [0.1, 0.15) is 0 Å². The number of sulfonamides is 1. The highest BCUT2D eigenvalue weighted by atomic mass is 35.5. The maximum Gasteiger partial charge on any atom is 0.243 e. The van der Waals surface area contributed by atoms with Crippen LogP contribution in [0.25, 0.3) is 0 Å². The van der Waals surface area contributed by atoms with Gasteiger partial charge in [-0.15, -0.1) is 12.4 Å². The van der Waals surface area contributed by atoms with E-state index in [1.165, 1.54) is 4.31 Å². The monoisotopic (exact) mass is 415 g/mol. The summed E-state index contributed by atoms with van der Waals surface area (Å²) in [6, 6.07) is 2.04. The van der Waals surface area contributed by atoms with E-state index in [-0.39, 0.29) is 24.2 Å². The van der Waals surface area contributed by atoms with Crippen LogP contribution in [0.15, 0.2) is 11.0 Å². The first-order chi connectivity index (χ1) is 12.2. The van der Waals surface area contributed by atoms with Crippen LogP contribution in [-0.4, -0.2) is 62.8 Å². The zero-order valence-corrected chi connectivity index (χ0v) is 18.2. The fourth-order valence-corrected chi connectivity index (χ4v) is 5.97. The molecule has 0 aliphatic carbocycles. The quantitative estimate of drug-likeness (QED) is 0.817. The molecule has 2 aliphatic rings. The number of rotatable bonds is 3. The summed E-state index contributed by atoms with van der Waals surface area (Å²) in [7, 11) is -3.55. The first-order valence-corrected chi connectivity index (χ1v) is 10.7. The van der Waals surface area contributed by atoms with E-state index in [1.807, 2.05) is 38.7 Å². The average Bonchev–Trinajstić information content (AvgIpc) is 3.14. The van der Waals surface area contributed by atoms with Gasteiger partial charge in [0.15, 0.2) is 0 Å². The Bertz CT molecular complexity index is 786. The van der Waals surface area contributed by atoms with E-state index in [4.69, 9.17) is 0 Å². The van der Waals surface area contributed by atoms with E-state index in [0.717, 1.165) is 41.8 Å². The van der Waals surface area contributed by atoms with Gasteiger partial charge in [-0.2, -0.15) is 4.31 Å². The minimum atomic E-state index is -3.55. The van der Waals surface area contributed by atoms with Crippen molar-refractivity contribution in [2.75, 3.05) is 39.3 Å². The van der Waals surface area contributed by atoms with Crippen LogP contribution in [0.1, 0.15) is 28.7 Å². The van der Waals surface area contributed by atoms with Crippen molar-refractivity contribution in [2.45, 2.75) is 39.0 Å². The van der Waals surface area contributed by atoms with Gasteiger partial charge in [0.25, 0.3) is 0 Å². The lowest BCUT2D eigenvalue weighted by atomic mass is 10.0. The van der Waals surface area contributed by atoms with Crippen LogP contribution in [0.5, 0.6) is 0 Å². The molecule has 2 aliphatic heterocycles. The molecule has 0 saturated carbocycles. The Morgan fingerprint density at radius 2 is 1.59 bits per heavy atom. The van der Waals surface area contributed by atoms with E-state index in [9.17, 15) is 13.2 Å². The first kappa shape index (κ1) is 22.1. The van der Waals surface area contributed by atoms with Crippen LogP contribution >= 0.6 is 12.4 Å². The number of hydrogen-bond acceptors (Lipinski definition) is 4. The zero-order valence-electron chi connectivity index (χ0n) is 16.5. The summed E-state index contributed by atoms with van der Waals surface area (Å²) >= 11 is 0. The molecule has 1 aromatic carbocycles. The summed E-state index contributed by atoms with van der Waals surface area (Å²) < 4.78 is 28.1. The predicted octanol–water partition coefficient (Wildman–Crippen LogP) is 1.78. The van der Waals surface area contributed by atoms with Crippen molar-refractivity contribution in [3.05, 3.63) is 28.3 Å². The molecular formula is C19H30ClN3O3S. The van der Waals surface area contributed by atoms with Crippen LogP contribution in [0.4, 0.5) is 0 Å². The topological polar surface area (TPSA) is 69.7 Å². The molecule has 1 atom stereocenters. The lowest BCUT2D eigenvalue weighted by Crippen LogP contribution is -2.52. The number of aryl methyl sites for hydroxylation is 2. The smallest absolute Gasteiger partial charge is 0.243 e. The van der Waals surface area contributed by atoms with Gasteiger partial charge in [-0.3, -0.25) is 4.79 Å². The second kappa shape index (κ2) is 8.47. The molecule has 6 nitrogen and oxygen atoms in total. The second-order valence-corrected chi connectivity index (χ2v) is 9.38. The molecule has 0 spiro atoms. The Labute approximate surface area is 168 Å². The largest absolute Gasteiger partial charge is 0.340 e. The lowest BCUT2D eigenvalue weighted by Gasteiger charge is -2.35. The van der Waals surface area contributed by atoms with Crippen molar-refractivity contribution in [3.63, 3.8) is 0 Å². The van der Waals surface area contributed by atoms with E-state index >= 15 is 0 Å². The summed E-state index contributed by atoms with van der Waals surface area (Å²) in [5.74, 6) is 0.202. The van der Waals surface area contributed by atoms with Crippen LogP contribution in [0.3, 0.4) is 0 Å². The molecule has 1 unspecified atom stereocenters. The van der Waals surface area contributed by atoms with Crippen molar-refractivity contribution >= 4 is 28.3 Å². The van der Waals surface area contributed by atoms with Crippen LogP contribution in [-0.2, 0) is 14.8 Å². The fourth-order valence-electron chi connectivity index (χ4n) is 3.97. The number of halogens is 1. The third-order valence-corrected chi connectivity index (χ3v) is 8.03. The summed E-state index contributed by atoms with van der Waals surface area (Å²) in [6.07, 6.45) is 0.873. The summed E-state index contributed by atoms with van der Waals surface area (Å²) in [4.78, 5) is 14.8. The van der Waals surface area contributed by atoms with E-state index in [2.05, 4.69) is 5.32 Å². The molecule has 2 heterocycles. The number of carbonyl (C=O) groups excluding carboxylic acids is 1. The van der Waals surface area contributed by atoms with Gasteiger partial charge < -0.3 is 10.2 Å². The molecular weight excluding hydrogens is 386 g/mol. The number of nitrogens with one attached hydrogen (secondary N) is 1. The summed E-state index contributed by atoms with van der Waals surface area (Å²) in [5, 5.41) is 3.22. The van der Waals surface area contributed by atoms with E-state index < -0.39 is 10.0 Å². The van der Waals surface area contributed by atoms with Crippen molar-refractivity contribution in [2.24, 2.45) is 5.92 Å². The third-order valence-electron chi connectivity index (χ3n) is 5.85. The zero-order chi connectivity index (χ0) is 19.1. The van der Waals surface area contributed by atoms with Gasteiger partial charge in [-0.05, 0) is 62.9 Å². The molecule has 2 saturated heterocycles. The molecule has 1 amide bonds. The van der Waals surface area contributed by atoms with Crippen LogP contribution < -0.4 is 5.32 Å². The molecule has 0 aromatic heterocycles. The molecule has 0 bridgehead atoms. The molecule has 152 valence electrons. The Kier molecular flexibility index (Phi) is 6.95. The van der Waals surface area contributed by atoms with Crippen molar-refractivity contribution in [1.29, 1.82) is 0 Å². The van der Waals surface area contributed by atoms with E-state index in [0.29, 0.717) is 31.1 Å². The highest BCUT2D eigenvalue weighted by molar-refractivity contribution is 7.89. The summed E-state index contributed by atoms with van der Waals surface area (Å²) in [6.45, 7) is 10.9. The molecule has 1 aromatic rings. The number of hydrogen-bond donors (Lipinski definition) is 1. The Balaban J connectivity index is 0.00000261. The minimum Gasteiger partial charge on any atom is -0.340 e. The molecule has 27 heavy (non-hydrogen) atoms. The van der Waals surface area contributed by atoms with Gasteiger partial charge >= 0.3 is 0 Å². The van der Waals surface area contributed by atoms with Gasteiger partial charge in [0.2, 0.25) is 15.9 Å². The standard InChI is InChI=1S/C19H29N3O3S.ClH/c1-13-11-14(2)16(4)18(15(13)3)26(24,25)22-9-7-21(8-10-22)19(23)17-5-6-20-12-17;/h11,17,20H,5-10,12H2,1-4H3;1H. The molecule has 3 rings (SSSR count). The lowest BCUT2D eigenvalue weighted by molar-refractivity contribution is -0.136. The molecule has 8 heteroatoms. The highest BCUT2D eigenvalue weighted by Crippen LogP contribution is 2.29. The first-order valence-electron chi connectivity index (χ1n) is 9.30. The maximum absolute atomic E-state index is 13.3. The Hall–Kier alpha value is -1.15. The molecule has 0 radical (unpaired) electrons. The van der Waals surface area contributed by atoms with Crippen molar-refractivity contribution in [1.82, 2.24) is 14.5 Å². The normalized spacial score (nSPS) is 21.2. The highest BCUT2D eigenvalue weighted by Gasteiger charge is 2.35. The molecule has 1 N–H and O–H groups in total. The Morgan fingerprint density at radius 1 is 1.04 bits per heavy atom. The van der Waals surface area contributed by atoms with Crippen molar-refractivity contribution in [3.8, 4) is 0 Å². The predicted molar refractivity (Wildman–Crippen MR) is 109 cm³/mol. The SMILES string of the molecule is Cc1cc(C)c(C)c(S(=O)(=O)N2CCN(C(=O)C3CCNC3)CC2)c1C.Cl. The van der Waals surface area contributed by atoms with Gasteiger partial charge in [-0.1, -0.05) is 6.07 Å². The average molecular weight is 416 g/mol. The third kappa shape index (κ3) is 4.16. The fraction of sp³-hybridized carbons (Fsp3) is 0.632. The van der Waals surface area contributed by atoms with Gasteiger partial charge in [-0.25, -0.2) is 8.42 Å². The number of benzene rings is 1. The number of nitrogens with zero attached hydrogens (tertiary/aromatic N) is 2. The van der Waals surface area contributed by atoms with Crippen LogP contribution in [0.2, 0.25) is 0 Å². The maximum atomic E-state index is 13.3. The minimum absolute atomic E-state index is 0. The van der Waals surface area contributed by atoms with E-state index in [1.54, 1.807) is 0 Å². The number of carbonyl (C=O) groups is 1. The molecule has 2 fully saturated rings. The number of piperazine rings is 1. The van der Waals surface area contributed by atoms with Gasteiger partial charge in [0, 0.05) is 32.7 Å². The second-order valence-electron chi connectivity index (χ2n) is 7.51. The van der Waals surface area contributed by atoms with Crippen LogP contribution in [0, 0.1) is 33.6 Å². The Morgan fingerprint density at radius 3 is 2.07 bits per heavy atom. The van der Waals surface area contributed by atoms with Gasteiger partial charge in [0.05, 0.1) is 10.8 Å². The number of amides is 1. The van der Waals surface area contributed by atoms with Crippen molar-refractivity contribution < 1.29 is 13.2 Å². The summed E-state index contributed by atoms with van der Waals surface area (Å²) in [5.41, 5.74) is 3.63.